The summed E-state index contributed by atoms with van der Waals surface area (Å²) in [5.41, 5.74) is 1.20. The molecule has 19 heavy (non-hydrogen) atoms. The number of nitrogens with one attached hydrogen (secondary N) is 1. The lowest BCUT2D eigenvalue weighted by Gasteiger charge is -2.39. The Balaban J connectivity index is 1.55. The number of pyridine rings is 1. The molecule has 104 valence electrons. The smallest absolute Gasteiger partial charge is 0.0543 e. The molecule has 3 rings (SSSR count). The van der Waals surface area contributed by atoms with E-state index < -0.39 is 0 Å². The van der Waals surface area contributed by atoms with Crippen molar-refractivity contribution in [3.05, 3.63) is 30.1 Å². The third kappa shape index (κ3) is 3.54. The average Bonchev–Trinajstić information content (AvgIpc) is 2.49. The van der Waals surface area contributed by atoms with Crippen molar-refractivity contribution >= 4 is 0 Å². The second-order valence-corrected chi connectivity index (χ2v) is 6.01. The maximum absolute atomic E-state index is 4.45. The van der Waals surface area contributed by atoms with E-state index in [1.807, 2.05) is 12.3 Å². The Hall–Kier alpha value is -0.930. The van der Waals surface area contributed by atoms with Crippen LogP contribution in [0.25, 0.3) is 0 Å². The molecule has 1 aliphatic carbocycles. The van der Waals surface area contributed by atoms with Crippen LogP contribution in [0, 0.1) is 5.92 Å². The third-order valence-corrected chi connectivity index (χ3v) is 4.62. The number of piperazine rings is 1. The van der Waals surface area contributed by atoms with Crippen molar-refractivity contribution in [2.75, 3.05) is 19.6 Å². The fourth-order valence-electron chi connectivity index (χ4n) is 3.56. The van der Waals surface area contributed by atoms with Gasteiger partial charge in [-0.05, 0) is 30.9 Å². The third-order valence-electron chi connectivity index (χ3n) is 4.62. The van der Waals surface area contributed by atoms with Gasteiger partial charge in [-0.1, -0.05) is 25.3 Å². The molecule has 0 spiro atoms. The summed E-state index contributed by atoms with van der Waals surface area (Å²) >= 11 is 0. The van der Waals surface area contributed by atoms with Gasteiger partial charge < -0.3 is 5.32 Å². The molecule has 2 fully saturated rings. The van der Waals surface area contributed by atoms with E-state index in [0.717, 1.165) is 25.6 Å². The van der Waals surface area contributed by atoms with Gasteiger partial charge in [-0.2, -0.15) is 0 Å². The first-order chi connectivity index (χ1) is 9.42. The molecule has 1 aromatic rings. The molecule has 2 aliphatic rings. The van der Waals surface area contributed by atoms with Gasteiger partial charge in [0.05, 0.1) is 5.69 Å². The van der Waals surface area contributed by atoms with Crippen LogP contribution in [-0.4, -0.2) is 35.6 Å². The molecule has 3 nitrogen and oxygen atoms in total. The predicted octanol–water partition coefficient (Wildman–Crippen LogP) is 2.44. The van der Waals surface area contributed by atoms with Gasteiger partial charge in [0.25, 0.3) is 0 Å². The highest BCUT2D eigenvalue weighted by molar-refractivity contribution is 5.03. The number of hydrogen-bond donors (Lipinski definition) is 1. The molecular formula is C16H25N3. The Labute approximate surface area is 116 Å². The second-order valence-electron chi connectivity index (χ2n) is 6.01. The number of rotatable bonds is 3. The van der Waals surface area contributed by atoms with Gasteiger partial charge in [0.15, 0.2) is 0 Å². The fourth-order valence-corrected chi connectivity index (χ4v) is 3.56. The topological polar surface area (TPSA) is 28.2 Å². The first-order valence-corrected chi connectivity index (χ1v) is 7.77. The summed E-state index contributed by atoms with van der Waals surface area (Å²) in [4.78, 5) is 7.02. The molecular weight excluding hydrogens is 234 g/mol. The van der Waals surface area contributed by atoms with Crippen molar-refractivity contribution in [2.24, 2.45) is 5.92 Å². The van der Waals surface area contributed by atoms with Crippen molar-refractivity contribution in [1.82, 2.24) is 15.2 Å². The highest BCUT2D eigenvalue weighted by Crippen LogP contribution is 2.27. The largest absolute Gasteiger partial charge is 0.311 e. The number of hydrogen-bond acceptors (Lipinski definition) is 3. The Bertz CT molecular complexity index is 373. The molecule has 1 unspecified atom stereocenters. The standard InChI is InChI=1S/C16H25N3/c1-2-6-14(7-3-1)16-13-19(11-10-18-16)12-15-8-4-5-9-17-15/h4-5,8-9,14,16,18H,1-3,6-7,10-13H2. The predicted molar refractivity (Wildman–Crippen MR) is 77.9 cm³/mol. The Morgan fingerprint density at radius 2 is 2.11 bits per heavy atom. The Morgan fingerprint density at radius 1 is 1.21 bits per heavy atom. The van der Waals surface area contributed by atoms with Crippen LogP contribution in [0.1, 0.15) is 37.8 Å². The summed E-state index contributed by atoms with van der Waals surface area (Å²) in [5.74, 6) is 0.903. The van der Waals surface area contributed by atoms with Gasteiger partial charge >= 0.3 is 0 Å². The normalized spacial score (nSPS) is 26.4. The molecule has 1 saturated carbocycles. The van der Waals surface area contributed by atoms with Crippen molar-refractivity contribution < 1.29 is 0 Å². The monoisotopic (exact) mass is 259 g/mol. The van der Waals surface area contributed by atoms with E-state index in [4.69, 9.17) is 0 Å². The van der Waals surface area contributed by atoms with Crippen LogP contribution < -0.4 is 5.32 Å². The van der Waals surface area contributed by atoms with Crippen LogP contribution in [0.2, 0.25) is 0 Å². The van der Waals surface area contributed by atoms with E-state index >= 15 is 0 Å². The van der Waals surface area contributed by atoms with Gasteiger partial charge in [0.2, 0.25) is 0 Å². The van der Waals surface area contributed by atoms with Crippen molar-refractivity contribution in [1.29, 1.82) is 0 Å². The Morgan fingerprint density at radius 3 is 2.89 bits per heavy atom. The molecule has 1 aliphatic heterocycles. The zero-order valence-corrected chi connectivity index (χ0v) is 11.7. The fraction of sp³-hybridized carbons (Fsp3) is 0.688. The van der Waals surface area contributed by atoms with Gasteiger partial charge in [0.1, 0.15) is 0 Å². The summed E-state index contributed by atoms with van der Waals surface area (Å²) in [6.45, 7) is 4.49. The highest BCUT2D eigenvalue weighted by Gasteiger charge is 2.27. The van der Waals surface area contributed by atoms with Crippen molar-refractivity contribution in [2.45, 2.75) is 44.7 Å². The minimum absolute atomic E-state index is 0.706. The molecule has 1 saturated heterocycles. The molecule has 2 heterocycles. The average molecular weight is 259 g/mol. The lowest BCUT2D eigenvalue weighted by atomic mass is 9.83. The van der Waals surface area contributed by atoms with Gasteiger partial charge in [-0.3, -0.25) is 9.88 Å². The van der Waals surface area contributed by atoms with Crippen molar-refractivity contribution in [3.63, 3.8) is 0 Å². The van der Waals surface area contributed by atoms with Gasteiger partial charge in [0, 0.05) is 38.4 Å². The van der Waals surface area contributed by atoms with E-state index in [1.54, 1.807) is 0 Å². The number of aromatic nitrogens is 1. The van der Waals surface area contributed by atoms with E-state index in [9.17, 15) is 0 Å². The van der Waals surface area contributed by atoms with Crippen LogP contribution in [0.3, 0.4) is 0 Å². The SMILES string of the molecule is c1ccc(CN2CCNC(C3CCCCC3)C2)nc1. The van der Waals surface area contributed by atoms with E-state index in [1.165, 1.54) is 44.3 Å². The van der Waals surface area contributed by atoms with Gasteiger partial charge in [-0.15, -0.1) is 0 Å². The molecule has 0 bridgehead atoms. The summed E-state index contributed by atoms with van der Waals surface area (Å²) in [5, 5.41) is 3.74. The zero-order chi connectivity index (χ0) is 12.9. The molecule has 1 N–H and O–H groups in total. The molecule has 0 amide bonds. The molecule has 0 aromatic carbocycles. The zero-order valence-electron chi connectivity index (χ0n) is 11.7. The van der Waals surface area contributed by atoms with Crippen LogP contribution >= 0.6 is 0 Å². The molecule has 0 radical (unpaired) electrons. The van der Waals surface area contributed by atoms with E-state index in [0.29, 0.717) is 6.04 Å². The minimum atomic E-state index is 0.706. The number of nitrogens with zero attached hydrogens (tertiary/aromatic N) is 2. The van der Waals surface area contributed by atoms with Gasteiger partial charge in [-0.25, -0.2) is 0 Å². The van der Waals surface area contributed by atoms with Crippen LogP contribution in [0.5, 0.6) is 0 Å². The van der Waals surface area contributed by atoms with E-state index in [-0.39, 0.29) is 0 Å². The summed E-state index contributed by atoms with van der Waals surface area (Å²) in [6.07, 6.45) is 9.06. The van der Waals surface area contributed by atoms with Crippen LogP contribution in [0.4, 0.5) is 0 Å². The van der Waals surface area contributed by atoms with E-state index in [2.05, 4.69) is 27.3 Å². The van der Waals surface area contributed by atoms with Crippen molar-refractivity contribution in [3.8, 4) is 0 Å². The Kier molecular flexibility index (Phi) is 4.46. The quantitative estimate of drug-likeness (QED) is 0.903. The maximum atomic E-state index is 4.45. The first-order valence-electron chi connectivity index (χ1n) is 7.77. The minimum Gasteiger partial charge on any atom is -0.311 e. The van der Waals surface area contributed by atoms with Crippen LogP contribution in [-0.2, 0) is 6.54 Å². The lowest BCUT2D eigenvalue weighted by molar-refractivity contribution is 0.140. The summed E-state index contributed by atoms with van der Waals surface area (Å²) < 4.78 is 0. The summed E-state index contributed by atoms with van der Waals surface area (Å²) in [7, 11) is 0. The highest BCUT2D eigenvalue weighted by atomic mass is 15.2. The molecule has 1 aromatic heterocycles. The first kappa shape index (κ1) is 13.1. The lowest BCUT2D eigenvalue weighted by Crippen LogP contribution is -2.53. The molecule has 3 heteroatoms. The summed E-state index contributed by atoms with van der Waals surface area (Å²) in [6, 6.07) is 6.92. The van der Waals surface area contributed by atoms with Crippen LogP contribution in [0.15, 0.2) is 24.4 Å². The second kappa shape index (κ2) is 6.49. The molecule has 1 atom stereocenters. The maximum Gasteiger partial charge on any atom is 0.0543 e.